The summed E-state index contributed by atoms with van der Waals surface area (Å²) >= 11 is 0. The monoisotopic (exact) mass is 281 g/mol. The first-order valence-electron chi connectivity index (χ1n) is 6.64. The van der Waals surface area contributed by atoms with Crippen LogP contribution < -0.4 is 5.43 Å². The maximum absolute atomic E-state index is 11.6. The van der Waals surface area contributed by atoms with Crippen LogP contribution in [0.3, 0.4) is 0 Å². The van der Waals surface area contributed by atoms with E-state index in [4.69, 9.17) is 4.74 Å². The summed E-state index contributed by atoms with van der Waals surface area (Å²) in [5.41, 5.74) is 0.362. The third kappa shape index (κ3) is 3.51. The summed E-state index contributed by atoms with van der Waals surface area (Å²) in [5.74, 6) is -0.277. The number of aromatic hydroxyl groups is 1. The van der Waals surface area contributed by atoms with Gasteiger partial charge in [0.05, 0.1) is 6.61 Å². The fourth-order valence-electron chi connectivity index (χ4n) is 2.14. The average Bonchev–Trinajstić information content (AvgIpc) is 2.44. The van der Waals surface area contributed by atoms with Gasteiger partial charge in [-0.1, -0.05) is 0 Å². The van der Waals surface area contributed by atoms with Crippen molar-refractivity contribution < 1.29 is 14.6 Å². The van der Waals surface area contributed by atoms with Crippen LogP contribution in [0.2, 0.25) is 0 Å². The molecular weight excluding hydrogens is 262 g/mol. The third-order valence-corrected chi connectivity index (χ3v) is 3.24. The highest BCUT2D eigenvalue weighted by Gasteiger charge is 2.21. The standard InChI is InChI=1S/C13H19N3O4/c1-2-20-13(19)16-5-3-15(4-6-16)9-10-7-11(17)12(18)8-14-10/h7-8,18H,2-6,9H2,1H3,(H,14,17). The van der Waals surface area contributed by atoms with Gasteiger partial charge in [-0.3, -0.25) is 9.69 Å². The van der Waals surface area contributed by atoms with E-state index in [0.29, 0.717) is 26.2 Å². The summed E-state index contributed by atoms with van der Waals surface area (Å²) in [7, 11) is 0. The summed E-state index contributed by atoms with van der Waals surface area (Å²) in [6.07, 6.45) is 1.03. The molecule has 2 N–H and O–H groups in total. The molecule has 0 spiro atoms. The van der Waals surface area contributed by atoms with Crippen LogP contribution in [-0.4, -0.2) is 58.8 Å². The highest BCUT2D eigenvalue weighted by atomic mass is 16.6. The number of nitrogens with one attached hydrogen (secondary N) is 1. The number of hydrogen-bond donors (Lipinski definition) is 2. The Morgan fingerprint density at radius 3 is 2.70 bits per heavy atom. The molecule has 2 rings (SSSR count). The Bertz CT molecular complexity index is 521. The number of aromatic nitrogens is 1. The minimum atomic E-state index is -0.385. The largest absolute Gasteiger partial charge is 0.503 e. The zero-order chi connectivity index (χ0) is 14.5. The molecule has 0 aromatic carbocycles. The third-order valence-electron chi connectivity index (χ3n) is 3.24. The van der Waals surface area contributed by atoms with Gasteiger partial charge in [-0.25, -0.2) is 4.79 Å². The first-order chi connectivity index (χ1) is 9.60. The Hall–Kier alpha value is -2.02. The molecule has 1 saturated heterocycles. The predicted octanol–water partition coefficient (Wildman–Crippen LogP) is 0.355. The molecule has 1 fully saturated rings. The summed E-state index contributed by atoms with van der Waals surface area (Å²) in [6.45, 7) is 5.43. The van der Waals surface area contributed by atoms with Gasteiger partial charge < -0.3 is 19.7 Å². The first kappa shape index (κ1) is 14.4. The number of H-pyrrole nitrogens is 1. The topological polar surface area (TPSA) is 85.9 Å². The Morgan fingerprint density at radius 2 is 2.10 bits per heavy atom. The number of pyridine rings is 1. The van der Waals surface area contributed by atoms with Gasteiger partial charge >= 0.3 is 6.09 Å². The van der Waals surface area contributed by atoms with E-state index >= 15 is 0 Å². The molecule has 1 aliphatic rings. The van der Waals surface area contributed by atoms with E-state index in [1.807, 2.05) is 0 Å². The number of aromatic amines is 1. The molecule has 0 aliphatic carbocycles. The van der Waals surface area contributed by atoms with Gasteiger partial charge in [-0.2, -0.15) is 0 Å². The van der Waals surface area contributed by atoms with Crippen LogP contribution in [0.4, 0.5) is 4.79 Å². The van der Waals surface area contributed by atoms with Crippen LogP contribution in [0.15, 0.2) is 17.1 Å². The van der Waals surface area contributed by atoms with Gasteiger partial charge in [-0.15, -0.1) is 0 Å². The molecule has 0 bridgehead atoms. The van der Waals surface area contributed by atoms with Crippen molar-refractivity contribution in [2.24, 2.45) is 0 Å². The summed E-state index contributed by atoms with van der Waals surface area (Å²) < 4.78 is 4.96. The van der Waals surface area contributed by atoms with Gasteiger partial charge in [0.1, 0.15) is 0 Å². The highest BCUT2D eigenvalue weighted by molar-refractivity contribution is 5.67. The van der Waals surface area contributed by atoms with Crippen molar-refractivity contribution in [1.82, 2.24) is 14.8 Å². The van der Waals surface area contributed by atoms with Crippen molar-refractivity contribution in [2.75, 3.05) is 32.8 Å². The molecule has 0 unspecified atom stereocenters. The average molecular weight is 281 g/mol. The lowest BCUT2D eigenvalue weighted by molar-refractivity contribution is 0.0775. The zero-order valence-electron chi connectivity index (χ0n) is 11.5. The molecule has 0 radical (unpaired) electrons. The molecule has 20 heavy (non-hydrogen) atoms. The second kappa shape index (κ2) is 6.42. The summed E-state index contributed by atoms with van der Waals surface area (Å²) in [5, 5.41) is 9.18. The summed E-state index contributed by atoms with van der Waals surface area (Å²) in [6, 6.07) is 1.40. The fraction of sp³-hybridized carbons (Fsp3) is 0.538. The second-order valence-corrected chi connectivity index (χ2v) is 4.67. The van der Waals surface area contributed by atoms with E-state index in [1.165, 1.54) is 12.3 Å². The van der Waals surface area contributed by atoms with Gasteiger partial charge in [0.25, 0.3) is 0 Å². The molecule has 7 nitrogen and oxygen atoms in total. The lowest BCUT2D eigenvalue weighted by Gasteiger charge is -2.33. The number of rotatable bonds is 3. The molecule has 1 aromatic heterocycles. The lowest BCUT2D eigenvalue weighted by atomic mass is 10.2. The smallest absolute Gasteiger partial charge is 0.409 e. The number of nitrogens with zero attached hydrogens (tertiary/aromatic N) is 2. The van der Waals surface area contributed by atoms with Crippen molar-refractivity contribution in [2.45, 2.75) is 13.5 Å². The first-order valence-corrected chi connectivity index (χ1v) is 6.64. The molecule has 110 valence electrons. The highest BCUT2D eigenvalue weighted by Crippen LogP contribution is 2.08. The van der Waals surface area contributed by atoms with E-state index in [2.05, 4.69) is 9.88 Å². The Balaban J connectivity index is 1.86. The quantitative estimate of drug-likeness (QED) is 0.835. The van der Waals surface area contributed by atoms with Crippen molar-refractivity contribution in [3.05, 3.63) is 28.2 Å². The van der Waals surface area contributed by atoms with Crippen molar-refractivity contribution in [3.8, 4) is 5.75 Å². The molecule has 1 aromatic rings. The van der Waals surface area contributed by atoms with Crippen LogP contribution in [0.25, 0.3) is 0 Å². The molecule has 0 saturated carbocycles. The lowest BCUT2D eigenvalue weighted by Crippen LogP contribution is -2.48. The minimum absolute atomic E-state index is 0.273. The Morgan fingerprint density at radius 1 is 1.40 bits per heavy atom. The minimum Gasteiger partial charge on any atom is -0.503 e. The van der Waals surface area contributed by atoms with Crippen LogP contribution in [0.1, 0.15) is 12.6 Å². The van der Waals surface area contributed by atoms with Crippen LogP contribution in [0.5, 0.6) is 5.75 Å². The van der Waals surface area contributed by atoms with Gasteiger partial charge in [0, 0.05) is 50.7 Å². The van der Waals surface area contributed by atoms with Crippen molar-refractivity contribution >= 4 is 6.09 Å². The summed E-state index contributed by atoms with van der Waals surface area (Å²) in [4.78, 5) is 29.6. The van der Waals surface area contributed by atoms with Crippen LogP contribution >= 0.6 is 0 Å². The van der Waals surface area contributed by atoms with Crippen molar-refractivity contribution in [1.29, 1.82) is 0 Å². The number of carbonyl (C=O) groups is 1. The molecule has 2 heterocycles. The fourth-order valence-corrected chi connectivity index (χ4v) is 2.14. The number of ether oxygens (including phenoxy) is 1. The zero-order valence-corrected chi connectivity index (χ0v) is 11.5. The Kier molecular flexibility index (Phi) is 4.62. The van der Waals surface area contributed by atoms with E-state index in [-0.39, 0.29) is 17.3 Å². The van der Waals surface area contributed by atoms with E-state index < -0.39 is 0 Å². The normalized spacial score (nSPS) is 16.1. The number of amides is 1. The molecule has 0 atom stereocenters. The van der Waals surface area contributed by atoms with Crippen molar-refractivity contribution in [3.63, 3.8) is 0 Å². The molecule has 1 amide bonds. The van der Waals surface area contributed by atoms with Gasteiger partial charge in [0.2, 0.25) is 5.43 Å². The maximum Gasteiger partial charge on any atom is 0.409 e. The molecule has 1 aliphatic heterocycles. The SMILES string of the molecule is CCOC(=O)N1CCN(Cc2cc(=O)c(O)c[nH]2)CC1. The van der Waals surface area contributed by atoms with Gasteiger partial charge in [-0.05, 0) is 6.92 Å². The van der Waals surface area contributed by atoms with E-state index in [0.717, 1.165) is 18.8 Å². The van der Waals surface area contributed by atoms with E-state index in [9.17, 15) is 14.7 Å². The number of hydrogen-bond acceptors (Lipinski definition) is 5. The Labute approximate surface area is 116 Å². The predicted molar refractivity (Wildman–Crippen MR) is 72.6 cm³/mol. The maximum atomic E-state index is 11.6. The number of piperazine rings is 1. The molecular formula is C13H19N3O4. The van der Waals surface area contributed by atoms with Crippen LogP contribution in [-0.2, 0) is 11.3 Å². The van der Waals surface area contributed by atoms with Gasteiger partial charge in [0.15, 0.2) is 5.75 Å². The van der Waals surface area contributed by atoms with E-state index in [1.54, 1.807) is 11.8 Å². The van der Waals surface area contributed by atoms with Crippen LogP contribution in [0, 0.1) is 0 Å². The second-order valence-electron chi connectivity index (χ2n) is 4.67. The molecule has 7 heteroatoms. The number of carbonyl (C=O) groups excluding carboxylic acids is 1.